The maximum atomic E-state index is 4.77. The Morgan fingerprint density at radius 2 is 1.86 bits per heavy atom. The first kappa shape index (κ1) is 19.0. The van der Waals surface area contributed by atoms with Gasteiger partial charge in [-0.05, 0) is 58.6 Å². The number of nitrogens with zero attached hydrogens (tertiary/aromatic N) is 3. The van der Waals surface area contributed by atoms with Gasteiger partial charge in [0.2, 0.25) is 0 Å². The molecule has 2 aromatic carbocycles. The van der Waals surface area contributed by atoms with E-state index in [4.69, 9.17) is 4.98 Å². The van der Waals surface area contributed by atoms with E-state index in [2.05, 4.69) is 74.4 Å². The number of aromatic nitrogens is 3. The molecule has 0 unspecified atom stereocenters. The molecule has 0 atom stereocenters. The molecule has 142 valence electrons. The standard InChI is InChI=1S/C21H20BrN5S/c1-2-12-24-28-17-10-8-16(9-11-17)25-20-13-19(15-6-4-3-5-7-15)26-21-18(22)14-23-27(20)21/h3-11,13-14,24-25H,2,12H2,1H3. The van der Waals surface area contributed by atoms with E-state index < -0.39 is 0 Å². The molecule has 2 aromatic heterocycles. The van der Waals surface area contributed by atoms with Crippen molar-refractivity contribution in [1.29, 1.82) is 0 Å². The van der Waals surface area contributed by atoms with E-state index in [-0.39, 0.29) is 0 Å². The third kappa shape index (κ3) is 4.22. The first-order chi connectivity index (χ1) is 13.7. The molecule has 0 aliphatic heterocycles. The summed E-state index contributed by atoms with van der Waals surface area (Å²) in [5.74, 6) is 0.860. The molecule has 7 heteroatoms. The lowest BCUT2D eigenvalue weighted by Gasteiger charge is -2.11. The van der Waals surface area contributed by atoms with Gasteiger partial charge in [0.15, 0.2) is 5.65 Å². The monoisotopic (exact) mass is 453 g/mol. The zero-order valence-electron chi connectivity index (χ0n) is 15.4. The summed E-state index contributed by atoms with van der Waals surface area (Å²) >= 11 is 5.20. The largest absolute Gasteiger partial charge is 0.340 e. The lowest BCUT2D eigenvalue weighted by atomic mass is 10.1. The zero-order chi connectivity index (χ0) is 19.3. The summed E-state index contributed by atoms with van der Waals surface area (Å²) < 4.78 is 6.01. The number of hydrogen-bond donors (Lipinski definition) is 2. The number of anilines is 2. The van der Waals surface area contributed by atoms with Crippen LogP contribution >= 0.6 is 27.9 Å². The van der Waals surface area contributed by atoms with E-state index in [1.54, 1.807) is 18.1 Å². The molecule has 2 heterocycles. The Balaban J connectivity index is 1.64. The van der Waals surface area contributed by atoms with Crippen molar-refractivity contribution in [3.63, 3.8) is 0 Å². The van der Waals surface area contributed by atoms with Gasteiger partial charge < -0.3 is 5.32 Å². The summed E-state index contributed by atoms with van der Waals surface area (Å²) in [6.07, 6.45) is 2.88. The number of hydrogen-bond acceptors (Lipinski definition) is 5. The Labute approximate surface area is 176 Å². The summed E-state index contributed by atoms with van der Waals surface area (Å²) in [5, 5.41) is 7.92. The minimum atomic E-state index is 0.778. The molecule has 0 amide bonds. The molecule has 0 fully saturated rings. The Bertz CT molecular complexity index is 1060. The van der Waals surface area contributed by atoms with E-state index >= 15 is 0 Å². The van der Waals surface area contributed by atoms with Gasteiger partial charge in [-0.3, -0.25) is 4.72 Å². The Morgan fingerprint density at radius 3 is 2.61 bits per heavy atom. The molecule has 2 N–H and O–H groups in total. The normalized spacial score (nSPS) is 11.1. The van der Waals surface area contributed by atoms with E-state index in [0.717, 1.165) is 45.8 Å². The second kappa shape index (κ2) is 8.77. The van der Waals surface area contributed by atoms with Crippen LogP contribution in [0, 0.1) is 0 Å². The summed E-state index contributed by atoms with van der Waals surface area (Å²) in [4.78, 5) is 5.95. The van der Waals surface area contributed by atoms with Crippen molar-refractivity contribution < 1.29 is 0 Å². The van der Waals surface area contributed by atoms with Crippen LogP contribution in [0.1, 0.15) is 13.3 Å². The average Bonchev–Trinajstić information content (AvgIpc) is 3.11. The van der Waals surface area contributed by atoms with Crippen molar-refractivity contribution in [3.05, 3.63) is 71.3 Å². The average molecular weight is 454 g/mol. The molecule has 0 aliphatic rings. The maximum Gasteiger partial charge on any atom is 0.172 e. The fourth-order valence-electron chi connectivity index (χ4n) is 2.77. The van der Waals surface area contributed by atoms with Crippen LogP contribution in [0.5, 0.6) is 0 Å². The van der Waals surface area contributed by atoms with Crippen LogP contribution in [0.3, 0.4) is 0 Å². The third-order valence-corrected chi connectivity index (χ3v) is 5.58. The van der Waals surface area contributed by atoms with Crippen LogP contribution in [0.2, 0.25) is 0 Å². The van der Waals surface area contributed by atoms with E-state index in [1.807, 2.05) is 28.8 Å². The van der Waals surface area contributed by atoms with Gasteiger partial charge in [0.05, 0.1) is 16.4 Å². The van der Waals surface area contributed by atoms with Crippen LogP contribution in [0.4, 0.5) is 11.5 Å². The summed E-state index contributed by atoms with van der Waals surface area (Å²) in [6, 6.07) is 20.5. The fourth-order valence-corrected chi connectivity index (χ4v) is 3.87. The molecular weight excluding hydrogens is 434 g/mol. The van der Waals surface area contributed by atoms with Gasteiger partial charge in [0.1, 0.15) is 5.82 Å². The Hall–Kier alpha value is -2.35. The predicted octanol–water partition coefficient (Wildman–Crippen LogP) is 5.91. The van der Waals surface area contributed by atoms with Crippen LogP contribution in [0.25, 0.3) is 16.9 Å². The minimum Gasteiger partial charge on any atom is -0.340 e. The van der Waals surface area contributed by atoms with Crippen LogP contribution in [-0.4, -0.2) is 21.1 Å². The van der Waals surface area contributed by atoms with Crippen molar-refractivity contribution in [3.8, 4) is 11.3 Å². The van der Waals surface area contributed by atoms with E-state index in [0.29, 0.717) is 0 Å². The predicted molar refractivity (Wildman–Crippen MR) is 120 cm³/mol. The van der Waals surface area contributed by atoms with Gasteiger partial charge in [-0.25, -0.2) is 4.98 Å². The molecule has 0 bridgehead atoms. The lowest BCUT2D eigenvalue weighted by Crippen LogP contribution is -2.04. The highest BCUT2D eigenvalue weighted by Crippen LogP contribution is 2.28. The molecule has 4 rings (SSSR count). The van der Waals surface area contributed by atoms with Crippen molar-refractivity contribution in [1.82, 2.24) is 19.3 Å². The summed E-state index contributed by atoms with van der Waals surface area (Å²) in [6.45, 7) is 3.16. The summed E-state index contributed by atoms with van der Waals surface area (Å²) in [7, 11) is 0. The molecule has 4 aromatic rings. The van der Waals surface area contributed by atoms with E-state index in [1.165, 1.54) is 4.90 Å². The molecule has 0 saturated heterocycles. The quantitative estimate of drug-likeness (QED) is 0.269. The molecule has 5 nitrogen and oxygen atoms in total. The Kier molecular flexibility index (Phi) is 5.95. The highest BCUT2D eigenvalue weighted by molar-refractivity contribution is 9.10. The maximum absolute atomic E-state index is 4.77. The van der Waals surface area contributed by atoms with Gasteiger partial charge in [-0.1, -0.05) is 37.3 Å². The van der Waals surface area contributed by atoms with Crippen molar-refractivity contribution in [2.24, 2.45) is 0 Å². The van der Waals surface area contributed by atoms with Crippen molar-refractivity contribution in [2.75, 3.05) is 11.9 Å². The van der Waals surface area contributed by atoms with Gasteiger partial charge in [0.25, 0.3) is 0 Å². The molecular formula is C21H20BrN5S. The topological polar surface area (TPSA) is 54.2 Å². The Morgan fingerprint density at radius 1 is 1.07 bits per heavy atom. The molecule has 0 spiro atoms. The number of benzene rings is 2. The molecule has 28 heavy (non-hydrogen) atoms. The number of nitrogens with one attached hydrogen (secondary N) is 2. The van der Waals surface area contributed by atoms with Gasteiger partial charge in [-0.2, -0.15) is 9.61 Å². The number of rotatable bonds is 7. The first-order valence-electron chi connectivity index (χ1n) is 9.11. The second-order valence-electron chi connectivity index (χ2n) is 6.27. The number of halogens is 1. The molecule has 0 radical (unpaired) electrons. The lowest BCUT2D eigenvalue weighted by molar-refractivity contribution is 0.877. The van der Waals surface area contributed by atoms with Gasteiger partial charge >= 0.3 is 0 Å². The van der Waals surface area contributed by atoms with Crippen molar-refractivity contribution >= 4 is 45.0 Å². The number of fused-ring (bicyclic) bond motifs is 1. The second-order valence-corrected chi connectivity index (χ2v) is 8.08. The molecule has 0 aliphatic carbocycles. The smallest absolute Gasteiger partial charge is 0.172 e. The SMILES string of the molecule is CCCNSc1ccc(Nc2cc(-c3ccccc3)nc3c(Br)cnn23)cc1. The van der Waals surface area contributed by atoms with E-state index in [9.17, 15) is 0 Å². The van der Waals surface area contributed by atoms with Crippen molar-refractivity contribution in [2.45, 2.75) is 18.2 Å². The van der Waals surface area contributed by atoms with Crippen LogP contribution in [-0.2, 0) is 0 Å². The summed E-state index contributed by atoms with van der Waals surface area (Å²) in [5.41, 5.74) is 3.74. The van der Waals surface area contributed by atoms with Gasteiger partial charge in [0, 0.05) is 28.8 Å². The highest BCUT2D eigenvalue weighted by atomic mass is 79.9. The highest BCUT2D eigenvalue weighted by Gasteiger charge is 2.11. The van der Waals surface area contributed by atoms with Crippen LogP contribution < -0.4 is 10.0 Å². The van der Waals surface area contributed by atoms with Gasteiger partial charge in [-0.15, -0.1) is 0 Å². The third-order valence-electron chi connectivity index (χ3n) is 4.17. The zero-order valence-corrected chi connectivity index (χ0v) is 17.8. The fraction of sp³-hybridized carbons (Fsp3) is 0.143. The van der Waals surface area contributed by atoms with Crippen LogP contribution in [0.15, 0.2) is 76.2 Å². The first-order valence-corrected chi connectivity index (χ1v) is 10.7. The molecule has 0 saturated carbocycles. The minimum absolute atomic E-state index is 0.778.